The van der Waals surface area contributed by atoms with Crippen molar-refractivity contribution in [2.45, 2.75) is 44.7 Å². The Morgan fingerprint density at radius 1 is 1.62 bits per heavy atom. The van der Waals surface area contributed by atoms with Gasteiger partial charge in [-0.15, -0.1) is 0 Å². The van der Waals surface area contributed by atoms with Crippen LogP contribution in [0.5, 0.6) is 0 Å². The molecule has 0 bridgehead atoms. The van der Waals surface area contributed by atoms with Gasteiger partial charge < -0.3 is 5.73 Å². The Morgan fingerprint density at radius 2 is 2.38 bits per heavy atom. The molecule has 0 aromatic heterocycles. The van der Waals surface area contributed by atoms with Gasteiger partial charge in [0.25, 0.3) is 0 Å². The summed E-state index contributed by atoms with van der Waals surface area (Å²) in [5, 5.41) is 8.85. The maximum Gasteiger partial charge on any atom is 0.0951 e. The molecule has 2 N–H and O–H groups in total. The van der Waals surface area contributed by atoms with Crippen molar-refractivity contribution in [1.82, 2.24) is 4.90 Å². The second kappa shape index (κ2) is 5.21. The summed E-state index contributed by atoms with van der Waals surface area (Å²) in [6.45, 7) is 3.79. The Hall–Kier alpha value is -0.590. The first-order valence-electron chi connectivity index (χ1n) is 5.15. The molecule has 13 heavy (non-hydrogen) atoms. The third kappa shape index (κ3) is 2.68. The molecule has 0 amide bonds. The lowest BCUT2D eigenvalue weighted by molar-refractivity contribution is 0.122. The zero-order valence-corrected chi connectivity index (χ0v) is 8.37. The summed E-state index contributed by atoms with van der Waals surface area (Å²) >= 11 is 0. The second-order valence-corrected chi connectivity index (χ2v) is 3.77. The van der Waals surface area contributed by atoms with Crippen LogP contribution < -0.4 is 5.73 Å². The van der Waals surface area contributed by atoms with E-state index in [-0.39, 0.29) is 6.04 Å². The molecule has 1 rings (SSSR count). The van der Waals surface area contributed by atoms with Gasteiger partial charge in [-0.3, -0.25) is 4.90 Å². The molecular formula is C10H19N3. The molecule has 0 spiro atoms. The molecule has 1 heterocycles. The monoisotopic (exact) mass is 181 g/mol. The fraction of sp³-hybridized carbons (Fsp3) is 0.900. The molecule has 0 aromatic rings. The normalized spacial score (nSPS) is 26.7. The molecule has 2 unspecified atom stereocenters. The van der Waals surface area contributed by atoms with Crippen LogP contribution in [0.1, 0.15) is 32.6 Å². The highest BCUT2D eigenvalue weighted by molar-refractivity contribution is 4.92. The average molecular weight is 181 g/mol. The van der Waals surface area contributed by atoms with E-state index in [9.17, 15) is 0 Å². The highest BCUT2D eigenvalue weighted by Gasteiger charge is 2.25. The maximum absolute atomic E-state index is 8.85. The lowest BCUT2D eigenvalue weighted by Gasteiger charge is -2.37. The van der Waals surface area contributed by atoms with E-state index in [0.29, 0.717) is 6.04 Å². The number of nitrogens with two attached hydrogens (primary N) is 1. The van der Waals surface area contributed by atoms with Crippen molar-refractivity contribution in [3.8, 4) is 6.07 Å². The minimum atomic E-state index is 0.0526. The molecule has 1 aliphatic rings. The predicted octanol–water partition coefficient (Wildman–Crippen LogP) is 1.10. The molecule has 3 nitrogen and oxygen atoms in total. The summed E-state index contributed by atoms with van der Waals surface area (Å²) in [6.07, 6.45) is 4.77. The van der Waals surface area contributed by atoms with Crippen LogP contribution in [0.2, 0.25) is 0 Å². The first kappa shape index (κ1) is 10.5. The van der Waals surface area contributed by atoms with Crippen molar-refractivity contribution < 1.29 is 0 Å². The standard InChI is InChI=1S/C10H19N3/c1-9(8-12)13-7-3-2-4-10(13)5-6-11/h9-10H,2-7,11H2,1H3. The number of hydrogen-bond acceptors (Lipinski definition) is 3. The molecule has 0 aromatic carbocycles. The summed E-state index contributed by atoms with van der Waals surface area (Å²) in [7, 11) is 0. The SMILES string of the molecule is CC(C#N)N1CCCCC1CCN. The van der Waals surface area contributed by atoms with E-state index in [2.05, 4.69) is 11.0 Å². The number of nitriles is 1. The van der Waals surface area contributed by atoms with E-state index in [0.717, 1.165) is 19.5 Å². The zero-order chi connectivity index (χ0) is 9.68. The fourth-order valence-corrected chi connectivity index (χ4v) is 2.11. The Labute approximate surface area is 80.5 Å². The number of piperidine rings is 1. The van der Waals surface area contributed by atoms with E-state index in [1.54, 1.807) is 0 Å². The fourth-order valence-electron chi connectivity index (χ4n) is 2.11. The molecule has 0 radical (unpaired) electrons. The smallest absolute Gasteiger partial charge is 0.0951 e. The molecule has 1 fully saturated rings. The van der Waals surface area contributed by atoms with Crippen molar-refractivity contribution in [2.75, 3.05) is 13.1 Å². The zero-order valence-electron chi connectivity index (χ0n) is 8.37. The molecular weight excluding hydrogens is 162 g/mol. The highest BCUT2D eigenvalue weighted by Crippen LogP contribution is 2.21. The van der Waals surface area contributed by atoms with Crippen LogP contribution in [-0.4, -0.2) is 30.1 Å². The van der Waals surface area contributed by atoms with Crippen LogP contribution in [0.15, 0.2) is 0 Å². The Balaban J connectivity index is 2.51. The van der Waals surface area contributed by atoms with Crippen molar-refractivity contribution in [1.29, 1.82) is 5.26 Å². The van der Waals surface area contributed by atoms with Crippen LogP contribution in [0.3, 0.4) is 0 Å². The van der Waals surface area contributed by atoms with Crippen LogP contribution in [0.4, 0.5) is 0 Å². The highest BCUT2D eigenvalue weighted by atomic mass is 15.2. The summed E-state index contributed by atoms with van der Waals surface area (Å²) in [4.78, 5) is 2.30. The molecule has 1 aliphatic heterocycles. The van der Waals surface area contributed by atoms with Gasteiger partial charge in [-0.25, -0.2) is 0 Å². The summed E-state index contributed by atoms with van der Waals surface area (Å²) in [5.74, 6) is 0. The van der Waals surface area contributed by atoms with Crippen LogP contribution in [0.25, 0.3) is 0 Å². The molecule has 2 atom stereocenters. The van der Waals surface area contributed by atoms with Crippen LogP contribution >= 0.6 is 0 Å². The average Bonchev–Trinajstić information content (AvgIpc) is 2.18. The molecule has 0 saturated carbocycles. The van der Waals surface area contributed by atoms with Gasteiger partial charge in [0.15, 0.2) is 0 Å². The van der Waals surface area contributed by atoms with Gasteiger partial charge in [0.05, 0.1) is 12.1 Å². The van der Waals surface area contributed by atoms with E-state index in [1.807, 2.05) is 6.92 Å². The minimum absolute atomic E-state index is 0.0526. The van der Waals surface area contributed by atoms with Gasteiger partial charge >= 0.3 is 0 Å². The quantitative estimate of drug-likeness (QED) is 0.709. The van der Waals surface area contributed by atoms with Crippen molar-refractivity contribution in [2.24, 2.45) is 5.73 Å². The van der Waals surface area contributed by atoms with Gasteiger partial charge in [0.1, 0.15) is 0 Å². The van der Waals surface area contributed by atoms with E-state index in [1.165, 1.54) is 19.3 Å². The van der Waals surface area contributed by atoms with E-state index in [4.69, 9.17) is 11.0 Å². The first-order chi connectivity index (χ1) is 6.29. The lowest BCUT2D eigenvalue weighted by Crippen LogP contribution is -2.45. The molecule has 1 saturated heterocycles. The van der Waals surface area contributed by atoms with Gasteiger partial charge in [-0.1, -0.05) is 6.42 Å². The number of hydrogen-bond donors (Lipinski definition) is 1. The van der Waals surface area contributed by atoms with E-state index < -0.39 is 0 Å². The van der Waals surface area contributed by atoms with Crippen molar-refractivity contribution >= 4 is 0 Å². The summed E-state index contributed by atoms with van der Waals surface area (Å²) in [5.41, 5.74) is 5.55. The number of likely N-dealkylation sites (tertiary alicyclic amines) is 1. The maximum atomic E-state index is 8.85. The van der Waals surface area contributed by atoms with Crippen molar-refractivity contribution in [3.63, 3.8) is 0 Å². The number of rotatable bonds is 3. The summed E-state index contributed by atoms with van der Waals surface area (Å²) in [6, 6.07) is 2.91. The lowest BCUT2D eigenvalue weighted by atomic mass is 9.98. The van der Waals surface area contributed by atoms with Gasteiger partial charge in [0, 0.05) is 6.04 Å². The van der Waals surface area contributed by atoms with Crippen LogP contribution in [-0.2, 0) is 0 Å². The minimum Gasteiger partial charge on any atom is -0.330 e. The van der Waals surface area contributed by atoms with Crippen molar-refractivity contribution in [3.05, 3.63) is 0 Å². The molecule has 74 valence electrons. The number of nitrogens with zero attached hydrogens (tertiary/aromatic N) is 2. The molecule has 3 heteroatoms. The third-order valence-electron chi connectivity index (χ3n) is 2.86. The van der Waals surface area contributed by atoms with Gasteiger partial charge in [-0.05, 0) is 39.3 Å². The van der Waals surface area contributed by atoms with Crippen LogP contribution in [0, 0.1) is 11.3 Å². The summed E-state index contributed by atoms with van der Waals surface area (Å²) < 4.78 is 0. The largest absolute Gasteiger partial charge is 0.330 e. The Bertz CT molecular complexity index is 183. The van der Waals surface area contributed by atoms with E-state index >= 15 is 0 Å². The Morgan fingerprint density at radius 3 is 3.00 bits per heavy atom. The van der Waals surface area contributed by atoms with Gasteiger partial charge in [0.2, 0.25) is 0 Å². The molecule has 0 aliphatic carbocycles. The third-order valence-corrected chi connectivity index (χ3v) is 2.86. The Kier molecular flexibility index (Phi) is 4.20. The van der Waals surface area contributed by atoms with Gasteiger partial charge in [-0.2, -0.15) is 5.26 Å². The first-order valence-corrected chi connectivity index (χ1v) is 5.15. The second-order valence-electron chi connectivity index (χ2n) is 3.77. The predicted molar refractivity (Wildman–Crippen MR) is 53.1 cm³/mol. The topological polar surface area (TPSA) is 53.0 Å².